The highest BCUT2D eigenvalue weighted by atomic mass is 32.2. The number of aryl methyl sites for hydroxylation is 1. The van der Waals surface area contributed by atoms with E-state index in [9.17, 15) is 0 Å². The third-order valence-corrected chi connectivity index (χ3v) is 8.21. The molecule has 2 fully saturated rings. The van der Waals surface area contributed by atoms with Crippen LogP contribution >= 0.6 is 11.8 Å². The van der Waals surface area contributed by atoms with Gasteiger partial charge in [0.15, 0.2) is 0 Å². The number of anilines is 2. The standard InChI is InChI=1S/C26H35N3S/c1-21-10-11-24-26(20-21)30-25-9-4-3-8-23(25)29(24)17-7-14-27-18-12-22(13-19-27)28-15-5-2-6-16-28/h3-4,8-11,20,22H,2,5-7,12-19H2,1H3. The quantitative estimate of drug-likeness (QED) is 0.591. The minimum Gasteiger partial charge on any atom is -0.340 e. The van der Waals surface area contributed by atoms with Gasteiger partial charge in [-0.15, -0.1) is 0 Å². The molecule has 3 nitrogen and oxygen atoms in total. The molecule has 3 aliphatic heterocycles. The molecule has 2 aromatic rings. The first kappa shape index (κ1) is 20.4. The summed E-state index contributed by atoms with van der Waals surface area (Å²) < 4.78 is 0. The van der Waals surface area contributed by atoms with Crippen molar-refractivity contribution in [3.63, 3.8) is 0 Å². The van der Waals surface area contributed by atoms with Crippen molar-refractivity contribution in [1.82, 2.24) is 9.80 Å². The van der Waals surface area contributed by atoms with Gasteiger partial charge in [0, 0.05) is 22.4 Å². The summed E-state index contributed by atoms with van der Waals surface area (Å²) in [5.41, 5.74) is 4.10. The highest BCUT2D eigenvalue weighted by Gasteiger charge is 2.26. The fraction of sp³-hybridized carbons (Fsp3) is 0.538. The molecule has 5 rings (SSSR count). The Bertz CT molecular complexity index is 853. The molecule has 0 amide bonds. The number of nitrogens with zero attached hydrogens (tertiary/aromatic N) is 3. The molecule has 2 saturated heterocycles. The van der Waals surface area contributed by atoms with Gasteiger partial charge in [0.05, 0.1) is 11.4 Å². The van der Waals surface area contributed by atoms with Gasteiger partial charge >= 0.3 is 0 Å². The molecule has 0 bridgehead atoms. The summed E-state index contributed by atoms with van der Waals surface area (Å²) in [4.78, 5) is 10.8. The minimum atomic E-state index is 0.850. The van der Waals surface area contributed by atoms with Crippen LogP contribution in [0.1, 0.15) is 44.1 Å². The Morgan fingerprint density at radius 2 is 1.60 bits per heavy atom. The van der Waals surface area contributed by atoms with E-state index in [2.05, 4.69) is 64.1 Å². The zero-order valence-corrected chi connectivity index (χ0v) is 19.2. The van der Waals surface area contributed by atoms with E-state index >= 15 is 0 Å². The van der Waals surface area contributed by atoms with Crippen molar-refractivity contribution >= 4 is 23.1 Å². The molecule has 3 heterocycles. The van der Waals surface area contributed by atoms with E-state index in [4.69, 9.17) is 0 Å². The molecule has 0 N–H and O–H groups in total. The zero-order chi connectivity index (χ0) is 20.3. The number of benzene rings is 2. The Hall–Kier alpha value is -1.49. The van der Waals surface area contributed by atoms with Crippen LogP contribution in [0.5, 0.6) is 0 Å². The molecule has 2 aromatic carbocycles. The maximum absolute atomic E-state index is 2.78. The number of piperidine rings is 2. The van der Waals surface area contributed by atoms with E-state index in [1.807, 2.05) is 11.8 Å². The second-order valence-corrected chi connectivity index (χ2v) is 10.3. The van der Waals surface area contributed by atoms with E-state index in [1.165, 1.54) is 98.0 Å². The average Bonchev–Trinajstić information content (AvgIpc) is 2.79. The minimum absolute atomic E-state index is 0.850. The molecule has 0 unspecified atom stereocenters. The van der Waals surface area contributed by atoms with Crippen molar-refractivity contribution in [2.75, 3.05) is 44.2 Å². The van der Waals surface area contributed by atoms with Gasteiger partial charge in [-0.1, -0.05) is 36.4 Å². The van der Waals surface area contributed by atoms with Crippen LogP contribution < -0.4 is 4.90 Å². The third-order valence-electron chi connectivity index (χ3n) is 7.10. The lowest BCUT2D eigenvalue weighted by atomic mass is 10.00. The smallest absolute Gasteiger partial charge is 0.0553 e. The van der Waals surface area contributed by atoms with E-state index in [-0.39, 0.29) is 0 Å². The van der Waals surface area contributed by atoms with Crippen molar-refractivity contribution in [2.24, 2.45) is 0 Å². The van der Waals surface area contributed by atoms with Gasteiger partial charge in [-0.05, 0) is 102 Å². The lowest BCUT2D eigenvalue weighted by Crippen LogP contribution is -2.47. The van der Waals surface area contributed by atoms with Crippen LogP contribution in [-0.4, -0.2) is 55.1 Å². The predicted octanol–water partition coefficient (Wildman–Crippen LogP) is 5.94. The van der Waals surface area contributed by atoms with Crippen LogP contribution in [-0.2, 0) is 0 Å². The molecule has 0 radical (unpaired) electrons. The predicted molar refractivity (Wildman–Crippen MR) is 128 cm³/mol. The van der Waals surface area contributed by atoms with Gasteiger partial charge in [0.2, 0.25) is 0 Å². The number of para-hydroxylation sites is 1. The monoisotopic (exact) mass is 421 g/mol. The normalized spacial score (nSPS) is 20.8. The summed E-state index contributed by atoms with van der Waals surface area (Å²) in [6.45, 7) is 9.76. The van der Waals surface area contributed by atoms with E-state index in [0.717, 1.165) is 12.6 Å². The number of hydrogen-bond donors (Lipinski definition) is 0. The third kappa shape index (κ3) is 4.42. The Morgan fingerprint density at radius 3 is 2.43 bits per heavy atom. The molecule has 4 heteroatoms. The fourth-order valence-corrected chi connectivity index (χ4v) is 6.62. The first-order valence-electron chi connectivity index (χ1n) is 11.9. The van der Waals surface area contributed by atoms with Crippen molar-refractivity contribution in [3.05, 3.63) is 48.0 Å². The topological polar surface area (TPSA) is 9.72 Å². The van der Waals surface area contributed by atoms with Crippen LogP contribution in [0.4, 0.5) is 11.4 Å². The summed E-state index contributed by atoms with van der Waals surface area (Å²) in [7, 11) is 0. The molecular weight excluding hydrogens is 386 g/mol. The number of fused-ring (bicyclic) bond motifs is 2. The average molecular weight is 422 g/mol. The SMILES string of the molecule is Cc1ccc2c(c1)Sc1ccccc1N2CCCN1CCC(N2CCCCC2)CC1. The zero-order valence-electron chi connectivity index (χ0n) is 18.4. The molecule has 3 aliphatic rings. The molecule has 30 heavy (non-hydrogen) atoms. The molecular formula is C26H35N3S. The van der Waals surface area contributed by atoms with E-state index in [0.29, 0.717) is 0 Å². The van der Waals surface area contributed by atoms with Crippen molar-refractivity contribution < 1.29 is 0 Å². The molecule has 0 aromatic heterocycles. The van der Waals surface area contributed by atoms with E-state index < -0.39 is 0 Å². The van der Waals surface area contributed by atoms with Crippen LogP contribution in [0.25, 0.3) is 0 Å². The van der Waals surface area contributed by atoms with Crippen molar-refractivity contribution in [2.45, 2.75) is 61.3 Å². The molecule has 0 spiro atoms. The van der Waals surface area contributed by atoms with Crippen LogP contribution in [0, 0.1) is 6.92 Å². The molecule has 0 atom stereocenters. The fourth-order valence-electron chi connectivity index (χ4n) is 5.43. The highest BCUT2D eigenvalue weighted by molar-refractivity contribution is 7.99. The Morgan fingerprint density at radius 1 is 0.833 bits per heavy atom. The molecule has 0 saturated carbocycles. The van der Waals surface area contributed by atoms with Crippen LogP contribution in [0.15, 0.2) is 52.3 Å². The summed E-state index contributed by atoms with van der Waals surface area (Å²) in [6.07, 6.45) is 8.22. The van der Waals surface area contributed by atoms with Gasteiger partial charge in [-0.3, -0.25) is 0 Å². The van der Waals surface area contributed by atoms with Gasteiger partial charge < -0.3 is 14.7 Å². The first-order chi connectivity index (χ1) is 14.8. The lowest BCUT2D eigenvalue weighted by Gasteiger charge is -2.40. The summed E-state index contributed by atoms with van der Waals surface area (Å²) in [6, 6.07) is 16.7. The maximum Gasteiger partial charge on any atom is 0.0553 e. The van der Waals surface area contributed by atoms with Crippen molar-refractivity contribution in [3.8, 4) is 0 Å². The summed E-state index contributed by atoms with van der Waals surface area (Å²) in [5, 5.41) is 0. The summed E-state index contributed by atoms with van der Waals surface area (Å²) in [5.74, 6) is 0. The second-order valence-electron chi connectivity index (χ2n) is 9.22. The molecule has 160 valence electrons. The Kier molecular flexibility index (Phi) is 6.35. The van der Waals surface area contributed by atoms with Gasteiger partial charge in [-0.2, -0.15) is 0 Å². The van der Waals surface area contributed by atoms with Gasteiger partial charge in [-0.25, -0.2) is 0 Å². The maximum atomic E-state index is 2.78. The first-order valence-corrected chi connectivity index (χ1v) is 12.7. The van der Waals surface area contributed by atoms with Gasteiger partial charge in [0.25, 0.3) is 0 Å². The van der Waals surface area contributed by atoms with Crippen LogP contribution in [0.2, 0.25) is 0 Å². The van der Waals surface area contributed by atoms with Crippen LogP contribution in [0.3, 0.4) is 0 Å². The molecule has 0 aliphatic carbocycles. The Balaban J connectivity index is 1.18. The second kappa shape index (κ2) is 9.33. The Labute approximate surface area is 186 Å². The number of hydrogen-bond acceptors (Lipinski definition) is 4. The summed E-state index contributed by atoms with van der Waals surface area (Å²) >= 11 is 1.92. The largest absolute Gasteiger partial charge is 0.340 e. The highest BCUT2D eigenvalue weighted by Crippen LogP contribution is 2.48. The van der Waals surface area contributed by atoms with Crippen molar-refractivity contribution in [1.29, 1.82) is 0 Å². The number of rotatable bonds is 5. The van der Waals surface area contributed by atoms with Gasteiger partial charge in [0.1, 0.15) is 0 Å². The number of likely N-dealkylation sites (tertiary alicyclic amines) is 2. The van der Waals surface area contributed by atoms with E-state index in [1.54, 1.807) is 0 Å². The lowest BCUT2D eigenvalue weighted by molar-refractivity contribution is 0.0924.